The van der Waals surface area contributed by atoms with E-state index in [-0.39, 0.29) is 12.5 Å². The number of nitrogens with zero attached hydrogens (tertiary/aromatic N) is 4. The lowest BCUT2D eigenvalue weighted by Gasteiger charge is -2.06. The Labute approximate surface area is 148 Å². The number of rotatable bonds is 5. The predicted octanol–water partition coefficient (Wildman–Crippen LogP) is 2.96. The van der Waals surface area contributed by atoms with E-state index in [0.29, 0.717) is 28.0 Å². The lowest BCUT2D eigenvalue weighted by molar-refractivity contribution is -0.122. The molecule has 0 saturated heterocycles. The lowest BCUT2D eigenvalue weighted by atomic mass is 10.2. The van der Waals surface area contributed by atoms with E-state index in [4.69, 9.17) is 23.2 Å². The summed E-state index contributed by atoms with van der Waals surface area (Å²) >= 11 is 12.1. The van der Waals surface area contributed by atoms with Crippen LogP contribution < -0.4 is 5.32 Å². The first-order chi connectivity index (χ1) is 11.6. The molecule has 0 aliphatic heterocycles. The number of halogens is 2. The first-order valence-corrected chi connectivity index (χ1v) is 7.92. The summed E-state index contributed by atoms with van der Waals surface area (Å²) in [7, 11) is 0. The fraction of sp³-hybridized carbons (Fsp3) is 0.125. The zero-order chi connectivity index (χ0) is 16.9. The molecule has 122 valence electrons. The van der Waals surface area contributed by atoms with Gasteiger partial charge in [0.1, 0.15) is 6.54 Å². The minimum absolute atomic E-state index is 0.0398. The van der Waals surface area contributed by atoms with Crippen LogP contribution in [0.2, 0.25) is 10.0 Å². The molecule has 0 saturated carbocycles. The molecule has 1 N–H and O–H groups in total. The Balaban J connectivity index is 1.62. The average Bonchev–Trinajstić information content (AvgIpc) is 3.03. The fourth-order valence-corrected chi connectivity index (χ4v) is 2.50. The number of amides is 1. The molecule has 3 rings (SSSR count). The summed E-state index contributed by atoms with van der Waals surface area (Å²) in [6, 6.07) is 14.5. The van der Waals surface area contributed by atoms with Gasteiger partial charge in [0.05, 0.1) is 5.02 Å². The van der Waals surface area contributed by atoms with Crippen LogP contribution in [0.1, 0.15) is 5.56 Å². The zero-order valence-electron chi connectivity index (χ0n) is 12.5. The molecule has 1 aromatic heterocycles. The molecule has 0 atom stereocenters. The predicted molar refractivity (Wildman–Crippen MR) is 91.6 cm³/mol. The molecule has 3 aromatic rings. The van der Waals surface area contributed by atoms with Gasteiger partial charge in [-0.15, -0.1) is 10.2 Å². The molecule has 0 fully saturated rings. The van der Waals surface area contributed by atoms with Crippen LogP contribution in [0.4, 0.5) is 0 Å². The van der Waals surface area contributed by atoms with Gasteiger partial charge < -0.3 is 5.32 Å². The van der Waals surface area contributed by atoms with Gasteiger partial charge in [-0.1, -0.05) is 53.5 Å². The summed E-state index contributed by atoms with van der Waals surface area (Å²) in [5.41, 5.74) is 1.51. The number of hydrogen-bond donors (Lipinski definition) is 1. The minimum atomic E-state index is -0.238. The Hall–Kier alpha value is -2.44. The van der Waals surface area contributed by atoms with Crippen LogP contribution in [0, 0.1) is 0 Å². The fourth-order valence-electron chi connectivity index (χ4n) is 2.08. The molecule has 1 heterocycles. The van der Waals surface area contributed by atoms with Gasteiger partial charge in [0.2, 0.25) is 11.7 Å². The number of hydrogen-bond acceptors (Lipinski definition) is 4. The van der Waals surface area contributed by atoms with Gasteiger partial charge in [0.25, 0.3) is 0 Å². The van der Waals surface area contributed by atoms with Crippen molar-refractivity contribution >= 4 is 29.1 Å². The first-order valence-electron chi connectivity index (χ1n) is 7.16. The van der Waals surface area contributed by atoms with Gasteiger partial charge in [-0.05, 0) is 29.0 Å². The van der Waals surface area contributed by atoms with E-state index < -0.39 is 0 Å². The zero-order valence-corrected chi connectivity index (χ0v) is 14.0. The van der Waals surface area contributed by atoms with E-state index in [0.717, 1.165) is 5.56 Å². The van der Waals surface area contributed by atoms with Crippen molar-refractivity contribution in [2.24, 2.45) is 0 Å². The van der Waals surface area contributed by atoms with Crippen molar-refractivity contribution in [2.45, 2.75) is 13.1 Å². The topological polar surface area (TPSA) is 72.7 Å². The van der Waals surface area contributed by atoms with Crippen molar-refractivity contribution in [1.82, 2.24) is 25.5 Å². The largest absolute Gasteiger partial charge is 0.350 e. The van der Waals surface area contributed by atoms with Crippen LogP contribution >= 0.6 is 23.2 Å². The van der Waals surface area contributed by atoms with Crippen LogP contribution in [0.25, 0.3) is 11.4 Å². The Morgan fingerprint density at radius 2 is 1.75 bits per heavy atom. The van der Waals surface area contributed by atoms with Crippen molar-refractivity contribution in [3.8, 4) is 11.4 Å². The molecule has 0 aliphatic rings. The number of nitrogens with one attached hydrogen (secondary N) is 1. The third-order valence-electron chi connectivity index (χ3n) is 3.29. The summed E-state index contributed by atoms with van der Waals surface area (Å²) < 4.78 is 0. The molecular weight excluding hydrogens is 349 g/mol. The molecule has 8 heteroatoms. The summed E-state index contributed by atoms with van der Waals surface area (Å²) in [5, 5.41) is 15.9. The Morgan fingerprint density at radius 1 is 1.04 bits per heavy atom. The van der Waals surface area contributed by atoms with Gasteiger partial charge >= 0.3 is 0 Å². The van der Waals surface area contributed by atoms with Crippen LogP contribution in [-0.2, 0) is 17.9 Å². The highest BCUT2D eigenvalue weighted by molar-refractivity contribution is 6.33. The third kappa shape index (κ3) is 3.90. The highest BCUT2D eigenvalue weighted by atomic mass is 35.5. The van der Waals surface area contributed by atoms with Gasteiger partial charge in [-0.2, -0.15) is 4.80 Å². The van der Waals surface area contributed by atoms with E-state index in [2.05, 4.69) is 20.7 Å². The van der Waals surface area contributed by atoms with Crippen molar-refractivity contribution < 1.29 is 4.79 Å². The Kier molecular flexibility index (Phi) is 5.08. The first kappa shape index (κ1) is 16.4. The summed E-state index contributed by atoms with van der Waals surface area (Å²) in [5.74, 6) is 0.137. The second-order valence-corrected chi connectivity index (χ2v) is 5.81. The average molecular weight is 362 g/mol. The molecule has 0 spiro atoms. The standard InChI is InChI=1S/C16H13Cl2N5O/c17-13-7-3-1-5-11(13)9-19-15(24)10-23-21-16(20-22-23)12-6-2-4-8-14(12)18/h1-8H,9-10H2,(H,19,24). The number of benzene rings is 2. The van der Waals surface area contributed by atoms with Crippen LogP contribution in [0.15, 0.2) is 48.5 Å². The normalized spacial score (nSPS) is 10.6. The maximum Gasteiger partial charge on any atom is 0.243 e. The third-order valence-corrected chi connectivity index (χ3v) is 3.98. The number of tetrazole rings is 1. The highest BCUT2D eigenvalue weighted by Crippen LogP contribution is 2.23. The smallest absolute Gasteiger partial charge is 0.243 e. The maximum atomic E-state index is 12.0. The molecule has 2 aromatic carbocycles. The van der Waals surface area contributed by atoms with E-state index in [1.54, 1.807) is 18.2 Å². The maximum absolute atomic E-state index is 12.0. The summed E-state index contributed by atoms with van der Waals surface area (Å²) in [6.07, 6.45) is 0. The molecule has 0 unspecified atom stereocenters. The SMILES string of the molecule is O=C(Cn1nnc(-c2ccccc2Cl)n1)NCc1ccccc1Cl. The molecule has 0 aliphatic carbocycles. The number of aromatic nitrogens is 4. The quantitative estimate of drug-likeness (QED) is 0.758. The van der Waals surface area contributed by atoms with E-state index in [9.17, 15) is 4.79 Å². The number of carbonyl (C=O) groups is 1. The Morgan fingerprint density at radius 3 is 2.50 bits per heavy atom. The van der Waals surface area contributed by atoms with E-state index in [1.165, 1.54) is 4.80 Å². The van der Waals surface area contributed by atoms with Crippen LogP contribution in [-0.4, -0.2) is 26.1 Å². The van der Waals surface area contributed by atoms with E-state index in [1.807, 2.05) is 30.3 Å². The van der Waals surface area contributed by atoms with Crippen molar-refractivity contribution in [3.05, 3.63) is 64.1 Å². The van der Waals surface area contributed by atoms with E-state index >= 15 is 0 Å². The molecule has 0 bridgehead atoms. The molecule has 6 nitrogen and oxygen atoms in total. The molecule has 24 heavy (non-hydrogen) atoms. The van der Waals surface area contributed by atoms with Gasteiger partial charge in [-0.3, -0.25) is 4.79 Å². The second-order valence-electron chi connectivity index (χ2n) is 4.99. The van der Waals surface area contributed by atoms with Crippen molar-refractivity contribution in [3.63, 3.8) is 0 Å². The molecule has 1 amide bonds. The van der Waals surface area contributed by atoms with Gasteiger partial charge in [0.15, 0.2) is 0 Å². The van der Waals surface area contributed by atoms with Crippen molar-refractivity contribution in [2.75, 3.05) is 0 Å². The monoisotopic (exact) mass is 361 g/mol. The lowest BCUT2D eigenvalue weighted by Crippen LogP contribution is -2.28. The van der Waals surface area contributed by atoms with Crippen LogP contribution in [0.3, 0.4) is 0 Å². The van der Waals surface area contributed by atoms with Crippen molar-refractivity contribution in [1.29, 1.82) is 0 Å². The Bertz CT molecular complexity index is 865. The van der Waals surface area contributed by atoms with Gasteiger partial charge in [-0.25, -0.2) is 0 Å². The summed E-state index contributed by atoms with van der Waals surface area (Å²) in [6.45, 7) is 0.298. The van der Waals surface area contributed by atoms with Gasteiger partial charge in [0, 0.05) is 17.1 Å². The molecular formula is C16H13Cl2N5O. The highest BCUT2D eigenvalue weighted by Gasteiger charge is 2.11. The minimum Gasteiger partial charge on any atom is -0.350 e. The molecule has 0 radical (unpaired) electrons. The second kappa shape index (κ2) is 7.42. The summed E-state index contributed by atoms with van der Waals surface area (Å²) in [4.78, 5) is 13.2. The van der Waals surface area contributed by atoms with Crippen LogP contribution in [0.5, 0.6) is 0 Å². The number of carbonyl (C=O) groups excluding carboxylic acids is 1.